The standard InChI is InChI=1S/C22H21N3OS/c1-16(14-25-12-10-18-4-2-3-5-20(18)15-25)17-6-8-19(9-7-17)21(26)24-22-23-11-13-27-22/h2-9,11,13H,1,10,12,14-15H2,(H,23,24,26). The van der Waals surface area contributed by atoms with Crippen LogP contribution in [0, 0.1) is 0 Å². The molecule has 0 saturated heterocycles. The van der Waals surface area contributed by atoms with Crippen LogP contribution in [-0.2, 0) is 13.0 Å². The minimum absolute atomic E-state index is 0.144. The highest BCUT2D eigenvalue weighted by molar-refractivity contribution is 7.13. The Morgan fingerprint density at radius 3 is 2.59 bits per heavy atom. The first-order valence-corrected chi connectivity index (χ1v) is 9.85. The van der Waals surface area contributed by atoms with Gasteiger partial charge in [0.2, 0.25) is 0 Å². The topological polar surface area (TPSA) is 45.2 Å². The number of hydrogen-bond donors (Lipinski definition) is 1. The van der Waals surface area contributed by atoms with Gasteiger partial charge in [-0.3, -0.25) is 15.0 Å². The van der Waals surface area contributed by atoms with Crippen LogP contribution in [0.1, 0.15) is 27.0 Å². The summed E-state index contributed by atoms with van der Waals surface area (Å²) in [6, 6.07) is 16.3. The molecule has 27 heavy (non-hydrogen) atoms. The summed E-state index contributed by atoms with van der Waals surface area (Å²) >= 11 is 1.41. The summed E-state index contributed by atoms with van der Waals surface area (Å²) in [6.45, 7) is 7.10. The van der Waals surface area contributed by atoms with E-state index in [2.05, 4.69) is 46.0 Å². The molecule has 0 saturated carbocycles. The third-order valence-corrected chi connectivity index (χ3v) is 5.52. The zero-order valence-electron chi connectivity index (χ0n) is 15.0. The van der Waals surface area contributed by atoms with Gasteiger partial charge in [-0.25, -0.2) is 4.98 Å². The zero-order valence-corrected chi connectivity index (χ0v) is 15.8. The largest absolute Gasteiger partial charge is 0.298 e. The Morgan fingerprint density at radius 2 is 1.85 bits per heavy atom. The molecule has 2 heterocycles. The number of rotatable bonds is 5. The van der Waals surface area contributed by atoms with E-state index in [0.29, 0.717) is 10.7 Å². The fourth-order valence-corrected chi connectivity index (χ4v) is 3.89. The molecule has 1 amide bonds. The monoisotopic (exact) mass is 375 g/mol. The number of benzene rings is 2. The highest BCUT2D eigenvalue weighted by Crippen LogP contribution is 2.22. The number of thiazole rings is 1. The van der Waals surface area contributed by atoms with Gasteiger partial charge in [-0.2, -0.15) is 0 Å². The lowest BCUT2D eigenvalue weighted by Crippen LogP contribution is -2.31. The van der Waals surface area contributed by atoms with E-state index >= 15 is 0 Å². The van der Waals surface area contributed by atoms with Gasteiger partial charge in [-0.05, 0) is 40.8 Å². The summed E-state index contributed by atoms with van der Waals surface area (Å²) in [5, 5.41) is 5.24. The lowest BCUT2D eigenvalue weighted by Gasteiger charge is -2.29. The van der Waals surface area contributed by atoms with E-state index in [1.807, 2.05) is 29.6 Å². The van der Waals surface area contributed by atoms with Crippen LogP contribution >= 0.6 is 11.3 Å². The van der Waals surface area contributed by atoms with Crippen LogP contribution in [-0.4, -0.2) is 28.9 Å². The number of amides is 1. The summed E-state index contributed by atoms with van der Waals surface area (Å²) in [5.41, 5.74) is 5.62. The first kappa shape index (κ1) is 17.6. The Bertz CT molecular complexity index is 948. The highest BCUT2D eigenvalue weighted by Gasteiger charge is 2.16. The van der Waals surface area contributed by atoms with Crippen molar-refractivity contribution in [2.24, 2.45) is 0 Å². The lowest BCUT2D eigenvalue weighted by atomic mass is 9.98. The number of anilines is 1. The van der Waals surface area contributed by atoms with Crippen LogP contribution < -0.4 is 5.32 Å². The number of nitrogens with one attached hydrogen (secondary N) is 1. The van der Waals surface area contributed by atoms with Gasteiger partial charge >= 0.3 is 0 Å². The van der Waals surface area contributed by atoms with E-state index < -0.39 is 0 Å². The molecule has 2 aromatic carbocycles. The van der Waals surface area contributed by atoms with Gasteiger partial charge in [0.15, 0.2) is 5.13 Å². The van der Waals surface area contributed by atoms with E-state index in [4.69, 9.17) is 0 Å². The normalized spacial score (nSPS) is 13.8. The van der Waals surface area contributed by atoms with Gasteiger partial charge in [-0.15, -0.1) is 11.3 Å². The number of carbonyl (C=O) groups excluding carboxylic acids is 1. The Labute approximate surface area is 163 Å². The van der Waals surface area contributed by atoms with Crippen LogP contribution in [0.25, 0.3) is 5.57 Å². The molecule has 0 aliphatic carbocycles. The Balaban J connectivity index is 1.37. The average Bonchev–Trinajstić information content (AvgIpc) is 3.21. The zero-order chi connectivity index (χ0) is 18.6. The predicted octanol–water partition coefficient (Wildman–Crippen LogP) is 4.47. The molecule has 0 spiro atoms. The predicted molar refractivity (Wildman–Crippen MR) is 111 cm³/mol. The van der Waals surface area contributed by atoms with Gasteiger partial charge in [0.25, 0.3) is 5.91 Å². The molecule has 4 rings (SSSR count). The maximum absolute atomic E-state index is 12.3. The molecule has 5 heteroatoms. The maximum Gasteiger partial charge on any atom is 0.257 e. The second-order valence-corrected chi connectivity index (χ2v) is 7.60. The van der Waals surface area contributed by atoms with E-state index in [1.54, 1.807) is 6.20 Å². The van der Waals surface area contributed by atoms with Crippen LogP contribution in [0.5, 0.6) is 0 Å². The SMILES string of the molecule is C=C(CN1CCc2ccccc2C1)c1ccc(C(=O)Nc2nccs2)cc1. The van der Waals surface area contributed by atoms with Crippen molar-refractivity contribution >= 4 is 27.9 Å². The van der Waals surface area contributed by atoms with Gasteiger partial charge in [0.1, 0.15) is 0 Å². The van der Waals surface area contributed by atoms with Crippen LogP contribution in [0.2, 0.25) is 0 Å². The third kappa shape index (κ3) is 4.15. The summed E-state index contributed by atoms with van der Waals surface area (Å²) in [6.07, 6.45) is 2.76. The molecule has 1 aromatic heterocycles. The minimum atomic E-state index is -0.144. The van der Waals surface area contributed by atoms with Crippen molar-refractivity contribution in [3.05, 3.63) is 88.9 Å². The van der Waals surface area contributed by atoms with Crippen molar-refractivity contribution in [3.8, 4) is 0 Å². The molecule has 1 N–H and O–H groups in total. The molecule has 0 radical (unpaired) electrons. The van der Waals surface area contributed by atoms with E-state index in [9.17, 15) is 4.79 Å². The van der Waals surface area contributed by atoms with Crippen molar-refractivity contribution in [1.29, 1.82) is 0 Å². The van der Waals surface area contributed by atoms with Gasteiger partial charge in [0.05, 0.1) is 0 Å². The molecule has 3 aromatic rings. The van der Waals surface area contributed by atoms with Crippen molar-refractivity contribution in [3.63, 3.8) is 0 Å². The number of fused-ring (bicyclic) bond motifs is 1. The molecule has 0 fully saturated rings. The van der Waals surface area contributed by atoms with Crippen molar-refractivity contribution < 1.29 is 4.79 Å². The molecule has 136 valence electrons. The van der Waals surface area contributed by atoms with E-state index in [1.165, 1.54) is 22.5 Å². The quantitative estimate of drug-likeness (QED) is 0.716. The number of carbonyl (C=O) groups is 1. The number of hydrogen-bond acceptors (Lipinski definition) is 4. The second-order valence-electron chi connectivity index (χ2n) is 6.70. The number of aromatic nitrogens is 1. The number of nitrogens with zero attached hydrogens (tertiary/aromatic N) is 2. The highest BCUT2D eigenvalue weighted by atomic mass is 32.1. The molecule has 4 nitrogen and oxygen atoms in total. The molecule has 1 aliphatic heterocycles. The Hall–Kier alpha value is -2.76. The van der Waals surface area contributed by atoms with Crippen molar-refractivity contribution in [2.75, 3.05) is 18.4 Å². The smallest absolute Gasteiger partial charge is 0.257 e. The molecule has 0 unspecified atom stereocenters. The average molecular weight is 375 g/mol. The van der Waals surface area contributed by atoms with Crippen LogP contribution in [0.15, 0.2) is 66.7 Å². The second kappa shape index (κ2) is 7.86. The Morgan fingerprint density at radius 1 is 1.11 bits per heavy atom. The van der Waals surface area contributed by atoms with E-state index in [0.717, 1.165) is 37.2 Å². The van der Waals surface area contributed by atoms with Gasteiger partial charge < -0.3 is 0 Å². The summed E-state index contributed by atoms with van der Waals surface area (Å²) in [7, 11) is 0. The molecule has 0 atom stereocenters. The van der Waals surface area contributed by atoms with Crippen LogP contribution in [0.4, 0.5) is 5.13 Å². The van der Waals surface area contributed by atoms with Crippen molar-refractivity contribution in [2.45, 2.75) is 13.0 Å². The van der Waals surface area contributed by atoms with Crippen LogP contribution in [0.3, 0.4) is 0 Å². The third-order valence-electron chi connectivity index (χ3n) is 4.83. The fraction of sp³-hybridized carbons (Fsp3) is 0.182. The van der Waals surface area contributed by atoms with Gasteiger partial charge in [-0.1, -0.05) is 43.0 Å². The molecule has 1 aliphatic rings. The van der Waals surface area contributed by atoms with Crippen molar-refractivity contribution in [1.82, 2.24) is 9.88 Å². The van der Waals surface area contributed by atoms with E-state index in [-0.39, 0.29) is 5.91 Å². The molecular formula is C22H21N3OS. The lowest BCUT2D eigenvalue weighted by molar-refractivity contribution is 0.102. The molecular weight excluding hydrogens is 354 g/mol. The fourth-order valence-electron chi connectivity index (χ4n) is 3.36. The Kier molecular flexibility index (Phi) is 5.14. The van der Waals surface area contributed by atoms with Gasteiger partial charge in [0, 0.05) is 36.8 Å². The first-order valence-electron chi connectivity index (χ1n) is 8.97. The minimum Gasteiger partial charge on any atom is -0.298 e. The summed E-state index contributed by atoms with van der Waals surface area (Å²) in [4.78, 5) is 18.8. The molecule has 0 bridgehead atoms. The first-order chi connectivity index (χ1) is 13.2. The maximum atomic E-state index is 12.3. The summed E-state index contributed by atoms with van der Waals surface area (Å²) in [5.74, 6) is -0.144. The summed E-state index contributed by atoms with van der Waals surface area (Å²) < 4.78 is 0.